The van der Waals surface area contributed by atoms with E-state index in [0.29, 0.717) is 35.6 Å². The maximum Gasteiger partial charge on any atom is 0.340 e. The molecule has 1 unspecified atom stereocenters. The summed E-state index contributed by atoms with van der Waals surface area (Å²) in [5.74, 6) is 1.74. The van der Waals surface area contributed by atoms with Crippen molar-refractivity contribution in [2.75, 3.05) is 33.4 Å². The smallest absolute Gasteiger partial charge is 0.340 e. The zero-order valence-electron chi connectivity index (χ0n) is 23.5. The maximum absolute atomic E-state index is 12.9. The van der Waals surface area contributed by atoms with Crippen molar-refractivity contribution in [1.82, 2.24) is 4.90 Å². The number of amides is 1. The normalized spacial score (nSPS) is 15.0. The minimum atomic E-state index is -0.337. The minimum Gasteiger partial charge on any atom is -0.497 e. The molecule has 1 saturated heterocycles. The summed E-state index contributed by atoms with van der Waals surface area (Å²) < 4.78 is 23.5. The molecular weight excluding hydrogens is 520 g/mol. The van der Waals surface area contributed by atoms with Crippen LogP contribution in [0.3, 0.4) is 0 Å². The quantitative estimate of drug-likeness (QED) is 0.267. The first kappa shape index (κ1) is 28.2. The van der Waals surface area contributed by atoms with Gasteiger partial charge in [0.1, 0.15) is 35.5 Å². The van der Waals surface area contributed by atoms with E-state index in [-0.39, 0.29) is 30.2 Å². The molecule has 8 heteroatoms. The number of hydrogen-bond donors (Lipinski definition) is 1. The predicted molar refractivity (Wildman–Crippen MR) is 158 cm³/mol. The Morgan fingerprint density at radius 2 is 1.68 bits per heavy atom. The maximum atomic E-state index is 12.9. The van der Waals surface area contributed by atoms with E-state index < -0.39 is 0 Å². The number of primary amides is 1. The van der Waals surface area contributed by atoms with Gasteiger partial charge in [0.15, 0.2) is 0 Å². The highest BCUT2D eigenvalue weighted by molar-refractivity contribution is 5.82. The van der Waals surface area contributed by atoms with E-state index in [4.69, 9.17) is 24.4 Å². The lowest BCUT2D eigenvalue weighted by atomic mass is 9.96. The van der Waals surface area contributed by atoms with Gasteiger partial charge in [-0.05, 0) is 80.4 Å². The third kappa shape index (κ3) is 7.08. The molecule has 1 amide bonds. The SMILES string of the molecule is COc1ccc(OC(COc2ccc3c(C)c(Cc4ccccc4)c(=O)oc3c2)CN2CCC(C(N)=O)CC2)cc1. The lowest BCUT2D eigenvalue weighted by molar-refractivity contribution is -0.123. The fourth-order valence-electron chi connectivity index (χ4n) is 5.32. The van der Waals surface area contributed by atoms with Crippen molar-refractivity contribution >= 4 is 16.9 Å². The highest BCUT2D eigenvalue weighted by Gasteiger charge is 2.26. The molecule has 41 heavy (non-hydrogen) atoms. The summed E-state index contributed by atoms with van der Waals surface area (Å²) in [4.78, 5) is 26.8. The third-order valence-electron chi connectivity index (χ3n) is 7.73. The van der Waals surface area contributed by atoms with Gasteiger partial charge in [0.25, 0.3) is 0 Å². The van der Waals surface area contributed by atoms with Crippen LogP contribution in [0.15, 0.2) is 82.0 Å². The number of nitrogens with zero attached hydrogens (tertiary/aromatic N) is 1. The Kier molecular flexibility index (Phi) is 8.89. The molecule has 4 aromatic rings. The number of nitrogens with two attached hydrogens (primary N) is 1. The summed E-state index contributed by atoms with van der Waals surface area (Å²) in [5.41, 5.74) is 8.29. The molecule has 1 aliphatic rings. The minimum absolute atomic E-state index is 0.0765. The molecule has 0 spiro atoms. The van der Waals surface area contributed by atoms with Crippen molar-refractivity contribution in [3.63, 3.8) is 0 Å². The first-order valence-electron chi connectivity index (χ1n) is 13.9. The van der Waals surface area contributed by atoms with Gasteiger partial charge in [0, 0.05) is 35.9 Å². The number of methoxy groups -OCH3 is 1. The van der Waals surface area contributed by atoms with Crippen LogP contribution in [0.2, 0.25) is 0 Å². The largest absolute Gasteiger partial charge is 0.497 e. The van der Waals surface area contributed by atoms with Crippen LogP contribution in [-0.4, -0.2) is 50.3 Å². The number of aryl methyl sites for hydroxylation is 1. The van der Waals surface area contributed by atoms with Crippen LogP contribution in [0, 0.1) is 12.8 Å². The number of likely N-dealkylation sites (tertiary alicyclic amines) is 1. The first-order valence-corrected chi connectivity index (χ1v) is 13.9. The predicted octanol–water partition coefficient (Wildman–Crippen LogP) is 4.72. The van der Waals surface area contributed by atoms with Gasteiger partial charge in [-0.2, -0.15) is 0 Å². The summed E-state index contributed by atoms with van der Waals surface area (Å²) in [6.07, 6.45) is 1.71. The van der Waals surface area contributed by atoms with Crippen molar-refractivity contribution in [3.8, 4) is 17.2 Å². The van der Waals surface area contributed by atoms with E-state index in [1.807, 2.05) is 73.7 Å². The van der Waals surface area contributed by atoms with Crippen LogP contribution >= 0.6 is 0 Å². The first-order chi connectivity index (χ1) is 19.9. The Morgan fingerprint density at radius 1 is 1.00 bits per heavy atom. The number of fused-ring (bicyclic) bond motifs is 1. The van der Waals surface area contributed by atoms with Gasteiger partial charge < -0.3 is 24.4 Å². The van der Waals surface area contributed by atoms with Gasteiger partial charge in [-0.15, -0.1) is 0 Å². The van der Waals surface area contributed by atoms with Crippen LogP contribution in [0.1, 0.15) is 29.5 Å². The van der Waals surface area contributed by atoms with E-state index in [2.05, 4.69) is 4.90 Å². The molecule has 0 radical (unpaired) electrons. The summed E-state index contributed by atoms with van der Waals surface area (Å²) in [6.45, 7) is 4.40. The van der Waals surface area contributed by atoms with E-state index in [1.165, 1.54) is 0 Å². The fraction of sp³-hybridized carbons (Fsp3) is 0.333. The highest BCUT2D eigenvalue weighted by Crippen LogP contribution is 2.26. The van der Waals surface area contributed by atoms with Crippen LogP contribution in [0.4, 0.5) is 0 Å². The Morgan fingerprint density at radius 3 is 2.37 bits per heavy atom. The number of carbonyl (C=O) groups is 1. The Hall–Kier alpha value is -4.30. The van der Waals surface area contributed by atoms with Gasteiger partial charge in [0.05, 0.1) is 7.11 Å². The molecule has 2 heterocycles. The standard InChI is InChI=1S/C33H36N2O6/c1-22-29-13-12-27(19-31(29)41-33(37)30(22)18-23-6-4-3-5-7-23)39-21-28(40-26-10-8-25(38-2)9-11-26)20-35-16-14-24(15-17-35)32(34)36/h3-13,19,24,28H,14-18,20-21H2,1-2H3,(H2,34,36). The number of benzene rings is 3. The van der Waals surface area contributed by atoms with Gasteiger partial charge in [0.2, 0.25) is 5.91 Å². The van der Waals surface area contributed by atoms with Crippen molar-refractivity contribution in [2.24, 2.45) is 11.7 Å². The third-order valence-corrected chi connectivity index (χ3v) is 7.73. The lowest BCUT2D eigenvalue weighted by Gasteiger charge is -2.33. The molecule has 1 aliphatic heterocycles. The second-order valence-corrected chi connectivity index (χ2v) is 10.5. The zero-order valence-corrected chi connectivity index (χ0v) is 23.5. The molecule has 1 fully saturated rings. The Labute approximate surface area is 239 Å². The van der Waals surface area contributed by atoms with Gasteiger partial charge in [-0.1, -0.05) is 30.3 Å². The molecular formula is C33H36N2O6. The Balaban J connectivity index is 1.30. The number of hydrogen-bond acceptors (Lipinski definition) is 7. The summed E-state index contributed by atoms with van der Waals surface area (Å²) in [6, 6.07) is 22.9. The van der Waals surface area contributed by atoms with Crippen molar-refractivity contribution in [1.29, 1.82) is 0 Å². The van der Waals surface area contributed by atoms with Gasteiger partial charge in [-0.25, -0.2) is 4.79 Å². The molecule has 3 aromatic carbocycles. The van der Waals surface area contributed by atoms with E-state index in [1.54, 1.807) is 13.2 Å². The van der Waals surface area contributed by atoms with E-state index in [9.17, 15) is 9.59 Å². The molecule has 1 aromatic heterocycles. The molecule has 0 bridgehead atoms. The van der Waals surface area contributed by atoms with Crippen LogP contribution in [0.5, 0.6) is 17.2 Å². The van der Waals surface area contributed by atoms with Crippen LogP contribution < -0.4 is 25.6 Å². The average Bonchev–Trinajstić information content (AvgIpc) is 2.99. The van der Waals surface area contributed by atoms with Crippen molar-refractivity contribution in [3.05, 3.63) is 99.9 Å². The molecule has 0 aliphatic carbocycles. The van der Waals surface area contributed by atoms with Crippen molar-refractivity contribution < 1.29 is 23.4 Å². The molecule has 8 nitrogen and oxygen atoms in total. The second kappa shape index (κ2) is 12.9. The molecule has 1 atom stereocenters. The number of piperidine rings is 1. The molecule has 214 valence electrons. The van der Waals surface area contributed by atoms with E-state index in [0.717, 1.165) is 48.2 Å². The van der Waals surface area contributed by atoms with Crippen molar-refractivity contribution in [2.45, 2.75) is 32.3 Å². The second-order valence-electron chi connectivity index (χ2n) is 10.5. The topological polar surface area (TPSA) is 104 Å². The highest BCUT2D eigenvalue weighted by atomic mass is 16.5. The number of carbonyl (C=O) groups excluding carboxylic acids is 1. The number of rotatable bonds is 11. The Bertz CT molecular complexity index is 1530. The monoisotopic (exact) mass is 556 g/mol. The molecule has 2 N–H and O–H groups in total. The average molecular weight is 557 g/mol. The summed E-state index contributed by atoms with van der Waals surface area (Å²) in [7, 11) is 1.62. The van der Waals surface area contributed by atoms with Gasteiger partial charge >= 0.3 is 5.63 Å². The number of ether oxygens (including phenoxy) is 3. The summed E-state index contributed by atoms with van der Waals surface area (Å²) in [5, 5.41) is 0.881. The van der Waals surface area contributed by atoms with E-state index >= 15 is 0 Å². The fourth-order valence-corrected chi connectivity index (χ4v) is 5.32. The van der Waals surface area contributed by atoms with Crippen LogP contribution in [0.25, 0.3) is 11.0 Å². The molecule has 0 saturated carbocycles. The molecule has 5 rings (SSSR count). The lowest BCUT2D eigenvalue weighted by Crippen LogP contribution is -2.44. The van der Waals surface area contributed by atoms with Crippen LogP contribution in [-0.2, 0) is 11.2 Å². The van der Waals surface area contributed by atoms with Gasteiger partial charge in [-0.3, -0.25) is 9.69 Å². The zero-order chi connectivity index (χ0) is 28.8. The summed E-state index contributed by atoms with van der Waals surface area (Å²) >= 11 is 0.